The lowest BCUT2D eigenvalue weighted by atomic mass is 10.1. The topological polar surface area (TPSA) is 100 Å². The minimum absolute atomic E-state index is 0.201. The van der Waals surface area contributed by atoms with E-state index in [2.05, 4.69) is 4.98 Å². The van der Waals surface area contributed by atoms with Crippen molar-refractivity contribution in [1.29, 1.82) is 0 Å². The van der Waals surface area contributed by atoms with E-state index in [-0.39, 0.29) is 10.9 Å². The maximum Gasteiger partial charge on any atom is 0.338 e. The van der Waals surface area contributed by atoms with Gasteiger partial charge in [0.2, 0.25) is 5.89 Å². The highest BCUT2D eigenvalue weighted by molar-refractivity contribution is 7.98. The molecule has 1 aliphatic rings. The van der Waals surface area contributed by atoms with Crippen molar-refractivity contribution in [2.75, 3.05) is 7.11 Å². The highest BCUT2D eigenvalue weighted by atomic mass is 32.2. The quantitative estimate of drug-likeness (QED) is 0.202. The zero-order chi connectivity index (χ0) is 24.7. The molecular weight excluding hydrogens is 464 g/mol. The highest BCUT2D eigenvalue weighted by Crippen LogP contribution is 2.40. The van der Waals surface area contributed by atoms with Crippen LogP contribution in [0.4, 0.5) is 0 Å². The molecule has 0 unspecified atom stereocenters. The number of methoxy groups -OCH3 is 1. The molecule has 3 heterocycles. The molecule has 1 saturated carbocycles. The second-order valence-electron chi connectivity index (χ2n) is 8.63. The molecule has 5 rings (SSSR count). The molecule has 4 aromatic rings. The van der Waals surface area contributed by atoms with Crippen molar-refractivity contribution in [3.8, 4) is 11.5 Å². The van der Waals surface area contributed by atoms with E-state index < -0.39 is 11.5 Å². The number of carbonyl (C=O) groups is 1. The molecule has 0 N–H and O–H groups in total. The van der Waals surface area contributed by atoms with Gasteiger partial charge in [0.1, 0.15) is 11.4 Å². The molecule has 0 bridgehead atoms. The summed E-state index contributed by atoms with van der Waals surface area (Å²) in [6, 6.07) is 9.64. The van der Waals surface area contributed by atoms with Crippen LogP contribution in [-0.2, 0) is 17.0 Å². The van der Waals surface area contributed by atoms with Crippen molar-refractivity contribution in [3.63, 3.8) is 0 Å². The summed E-state index contributed by atoms with van der Waals surface area (Å²) in [6.45, 7) is 6.42. The number of hydrogen-bond donors (Lipinski definition) is 0. The maximum absolute atomic E-state index is 13.1. The van der Waals surface area contributed by atoms with E-state index in [4.69, 9.17) is 19.1 Å². The summed E-state index contributed by atoms with van der Waals surface area (Å²) >= 11 is 1.40. The lowest BCUT2D eigenvalue weighted by Crippen LogP contribution is -2.20. The number of oxazole rings is 1. The monoisotopic (exact) mass is 490 g/mol. The van der Waals surface area contributed by atoms with Gasteiger partial charge in [-0.25, -0.2) is 14.8 Å². The molecule has 1 aliphatic carbocycles. The standard InChI is InChI=1S/C26H26N4O4S/c1-5-30-22-21(18(25(32)33-4)12-19(27-22)16-10-11-16)23(31)29-26(30)35-13-20-15(3)34-24(28-20)17-9-7-6-8-14(17)2/h6-9,12,16H,5,10-11,13H2,1-4H3. The Bertz CT molecular complexity index is 1500. The number of thioether (sulfide) groups is 1. The van der Waals surface area contributed by atoms with Crippen molar-refractivity contribution >= 4 is 28.8 Å². The maximum atomic E-state index is 13.1. The molecule has 3 aromatic heterocycles. The van der Waals surface area contributed by atoms with Crippen LogP contribution in [0.5, 0.6) is 0 Å². The van der Waals surface area contributed by atoms with Crippen molar-refractivity contribution in [3.05, 3.63) is 69.0 Å². The third kappa shape index (κ3) is 4.36. The number of fused-ring (bicyclic) bond motifs is 1. The van der Waals surface area contributed by atoms with E-state index in [9.17, 15) is 9.59 Å². The fourth-order valence-corrected chi connectivity index (χ4v) is 5.18. The largest absolute Gasteiger partial charge is 0.465 e. The highest BCUT2D eigenvalue weighted by Gasteiger charge is 2.29. The number of aromatic nitrogens is 4. The molecule has 0 atom stereocenters. The van der Waals surface area contributed by atoms with Gasteiger partial charge in [-0.05, 0) is 51.3 Å². The van der Waals surface area contributed by atoms with Gasteiger partial charge in [-0.15, -0.1) is 0 Å². The summed E-state index contributed by atoms with van der Waals surface area (Å²) < 4.78 is 12.8. The molecule has 35 heavy (non-hydrogen) atoms. The Labute approximate surface area is 206 Å². The molecular formula is C26H26N4O4S. The summed E-state index contributed by atoms with van der Waals surface area (Å²) in [7, 11) is 1.31. The Morgan fingerprint density at radius 3 is 2.66 bits per heavy atom. The Kier molecular flexibility index (Phi) is 6.19. The number of rotatable bonds is 7. The summed E-state index contributed by atoms with van der Waals surface area (Å²) in [5, 5.41) is 0.730. The molecule has 1 aromatic carbocycles. The zero-order valence-corrected chi connectivity index (χ0v) is 20.9. The molecule has 0 amide bonds. The third-order valence-corrected chi connectivity index (χ3v) is 7.23. The van der Waals surface area contributed by atoms with Gasteiger partial charge in [0.05, 0.1) is 23.8 Å². The number of hydrogen-bond acceptors (Lipinski definition) is 8. The Morgan fingerprint density at radius 1 is 1.20 bits per heavy atom. The third-order valence-electron chi connectivity index (χ3n) is 6.24. The van der Waals surface area contributed by atoms with Crippen LogP contribution in [-0.4, -0.2) is 32.6 Å². The van der Waals surface area contributed by atoms with E-state index in [1.807, 2.05) is 49.6 Å². The van der Waals surface area contributed by atoms with Crippen molar-refractivity contribution in [2.45, 2.75) is 57.0 Å². The normalized spacial score (nSPS) is 13.4. The average molecular weight is 491 g/mol. The number of pyridine rings is 1. The van der Waals surface area contributed by atoms with E-state index in [0.29, 0.717) is 34.9 Å². The zero-order valence-electron chi connectivity index (χ0n) is 20.1. The number of aryl methyl sites for hydroxylation is 3. The minimum Gasteiger partial charge on any atom is -0.465 e. The Balaban J connectivity index is 1.54. The van der Waals surface area contributed by atoms with Crippen LogP contribution in [0.2, 0.25) is 0 Å². The number of esters is 1. The molecule has 0 spiro atoms. The van der Waals surface area contributed by atoms with Gasteiger partial charge in [0.15, 0.2) is 5.16 Å². The summed E-state index contributed by atoms with van der Waals surface area (Å²) in [6.07, 6.45) is 2.05. The first-order valence-electron chi connectivity index (χ1n) is 11.6. The van der Waals surface area contributed by atoms with E-state index in [1.54, 1.807) is 6.07 Å². The molecule has 0 aliphatic heterocycles. The lowest BCUT2D eigenvalue weighted by molar-refractivity contribution is 0.0602. The van der Waals surface area contributed by atoms with Gasteiger partial charge in [-0.3, -0.25) is 4.79 Å². The smallest absolute Gasteiger partial charge is 0.338 e. The molecule has 180 valence electrons. The first-order valence-corrected chi connectivity index (χ1v) is 12.6. The predicted molar refractivity (Wildman–Crippen MR) is 134 cm³/mol. The molecule has 0 radical (unpaired) electrons. The molecule has 9 heteroatoms. The summed E-state index contributed by atoms with van der Waals surface area (Å²) in [4.78, 5) is 39.4. The van der Waals surface area contributed by atoms with Gasteiger partial charge >= 0.3 is 5.97 Å². The first-order chi connectivity index (χ1) is 16.9. The van der Waals surface area contributed by atoms with Gasteiger partial charge < -0.3 is 13.7 Å². The molecule has 0 saturated heterocycles. The van der Waals surface area contributed by atoms with Gasteiger partial charge in [0, 0.05) is 29.5 Å². The SMILES string of the molecule is CCn1c(SCc2nc(-c3ccccc3C)oc2C)nc(=O)c2c(C(=O)OC)cc(C3CC3)nc21. The second kappa shape index (κ2) is 9.30. The van der Waals surface area contributed by atoms with Crippen molar-refractivity contribution in [1.82, 2.24) is 19.5 Å². The van der Waals surface area contributed by atoms with Gasteiger partial charge in [0.25, 0.3) is 5.56 Å². The fraction of sp³-hybridized carbons (Fsp3) is 0.346. The number of nitrogens with zero attached hydrogens (tertiary/aromatic N) is 4. The van der Waals surface area contributed by atoms with Crippen molar-refractivity contribution in [2.24, 2.45) is 0 Å². The Morgan fingerprint density at radius 2 is 1.97 bits per heavy atom. The molecule has 1 fully saturated rings. The lowest BCUT2D eigenvalue weighted by Gasteiger charge is -2.15. The van der Waals surface area contributed by atoms with Crippen LogP contribution >= 0.6 is 11.8 Å². The van der Waals surface area contributed by atoms with Crippen LogP contribution in [0.1, 0.15) is 58.8 Å². The van der Waals surface area contributed by atoms with Crippen LogP contribution in [0.25, 0.3) is 22.5 Å². The second-order valence-corrected chi connectivity index (χ2v) is 9.57. The van der Waals surface area contributed by atoms with Gasteiger partial charge in [-0.1, -0.05) is 30.0 Å². The van der Waals surface area contributed by atoms with Crippen LogP contribution in [0.3, 0.4) is 0 Å². The summed E-state index contributed by atoms with van der Waals surface area (Å²) in [5.41, 5.74) is 3.86. The first kappa shape index (κ1) is 23.3. The van der Waals surface area contributed by atoms with Crippen LogP contribution < -0.4 is 5.56 Å². The minimum atomic E-state index is -0.553. The van der Waals surface area contributed by atoms with Crippen LogP contribution in [0, 0.1) is 13.8 Å². The van der Waals surface area contributed by atoms with Gasteiger partial charge in [-0.2, -0.15) is 4.98 Å². The van der Waals surface area contributed by atoms with Crippen LogP contribution in [0.15, 0.2) is 44.7 Å². The van der Waals surface area contributed by atoms with Crippen molar-refractivity contribution < 1.29 is 13.9 Å². The predicted octanol–water partition coefficient (Wildman–Crippen LogP) is 5.04. The average Bonchev–Trinajstić information content (AvgIpc) is 3.64. The van der Waals surface area contributed by atoms with E-state index in [1.165, 1.54) is 18.9 Å². The fourth-order valence-electron chi connectivity index (χ4n) is 4.13. The Hall–Kier alpha value is -3.46. The number of benzene rings is 1. The number of carbonyl (C=O) groups excluding carboxylic acids is 1. The summed E-state index contributed by atoms with van der Waals surface area (Å²) in [5.74, 6) is 1.54. The number of ether oxygens (including phenoxy) is 1. The molecule has 8 nitrogen and oxygen atoms in total. The van der Waals surface area contributed by atoms with E-state index >= 15 is 0 Å². The van der Waals surface area contributed by atoms with E-state index in [0.717, 1.165) is 41.1 Å².